The van der Waals surface area contributed by atoms with E-state index in [0.29, 0.717) is 6.54 Å². The van der Waals surface area contributed by atoms with Crippen molar-refractivity contribution in [2.24, 2.45) is 17.1 Å². The summed E-state index contributed by atoms with van der Waals surface area (Å²) in [5.41, 5.74) is 5.58. The molecule has 0 spiro atoms. The first-order chi connectivity index (χ1) is 8.32. The summed E-state index contributed by atoms with van der Waals surface area (Å²) in [6.45, 7) is 4.19. The molecular weight excluding hydrogens is 230 g/mol. The molecule has 3 atom stereocenters. The lowest BCUT2D eigenvalue weighted by atomic mass is 9.83. The highest BCUT2D eigenvalue weighted by Gasteiger charge is 2.44. The lowest BCUT2D eigenvalue weighted by molar-refractivity contribution is -0.141. The Morgan fingerprint density at radius 2 is 2.17 bits per heavy atom. The standard InChI is InChI=1S/C13H25N3O2/c1-9(11(17)15-3)8-16(4)12(18)13(2)7-5-6-10(13)14/h9-10H,5-8,14H2,1-4H3,(H,15,17). The normalized spacial score (nSPS) is 28.8. The number of rotatable bonds is 4. The van der Waals surface area contributed by atoms with Gasteiger partial charge in [0.15, 0.2) is 0 Å². The van der Waals surface area contributed by atoms with Gasteiger partial charge < -0.3 is 16.0 Å². The van der Waals surface area contributed by atoms with Crippen LogP contribution in [-0.4, -0.2) is 43.4 Å². The molecule has 0 radical (unpaired) electrons. The van der Waals surface area contributed by atoms with Crippen LogP contribution in [0.2, 0.25) is 0 Å². The first kappa shape index (κ1) is 15.0. The monoisotopic (exact) mass is 255 g/mol. The summed E-state index contributed by atoms with van der Waals surface area (Å²) < 4.78 is 0. The topological polar surface area (TPSA) is 75.4 Å². The van der Waals surface area contributed by atoms with E-state index >= 15 is 0 Å². The van der Waals surface area contributed by atoms with Crippen LogP contribution in [0.3, 0.4) is 0 Å². The molecule has 0 aromatic heterocycles. The quantitative estimate of drug-likeness (QED) is 0.761. The van der Waals surface area contributed by atoms with Crippen molar-refractivity contribution in [2.75, 3.05) is 20.6 Å². The molecule has 104 valence electrons. The summed E-state index contributed by atoms with van der Waals surface area (Å²) in [6.07, 6.45) is 2.75. The van der Waals surface area contributed by atoms with E-state index in [2.05, 4.69) is 5.32 Å². The molecule has 3 unspecified atom stereocenters. The lowest BCUT2D eigenvalue weighted by Crippen LogP contribution is -2.49. The Labute approximate surface area is 109 Å². The van der Waals surface area contributed by atoms with Gasteiger partial charge in [-0.15, -0.1) is 0 Å². The van der Waals surface area contributed by atoms with Crippen molar-refractivity contribution in [1.29, 1.82) is 0 Å². The summed E-state index contributed by atoms with van der Waals surface area (Å²) in [7, 11) is 3.35. The maximum absolute atomic E-state index is 12.4. The molecule has 0 bridgehead atoms. The third-order valence-corrected chi connectivity index (χ3v) is 4.11. The summed E-state index contributed by atoms with van der Waals surface area (Å²) >= 11 is 0. The first-order valence-electron chi connectivity index (χ1n) is 6.55. The smallest absolute Gasteiger partial charge is 0.229 e. The molecule has 3 N–H and O–H groups in total. The van der Waals surface area contributed by atoms with Crippen LogP contribution in [0, 0.1) is 11.3 Å². The van der Waals surface area contributed by atoms with Crippen LogP contribution in [0.15, 0.2) is 0 Å². The van der Waals surface area contributed by atoms with Gasteiger partial charge in [-0.3, -0.25) is 9.59 Å². The number of nitrogens with zero attached hydrogens (tertiary/aromatic N) is 1. The summed E-state index contributed by atoms with van der Waals surface area (Å²) in [6, 6.07) is -0.0669. The van der Waals surface area contributed by atoms with Gasteiger partial charge in [0.2, 0.25) is 11.8 Å². The van der Waals surface area contributed by atoms with Gasteiger partial charge in [0.1, 0.15) is 0 Å². The average Bonchev–Trinajstić information content (AvgIpc) is 2.68. The molecule has 1 aliphatic rings. The van der Waals surface area contributed by atoms with Crippen LogP contribution >= 0.6 is 0 Å². The highest BCUT2D eigenvalue weighted by molar-refractivity contribution is 5.84. The minimum absolute atomic E-state index is 0.0458. The van der Waals surface area contributed by atoms with Crippen molar-refractivity contribution >= 4 is 11.8 Å². The molecule has 0 saturated heterocycles. The summed E-state index contributed by atoms with van der Waals surface area (Å²) in [5.74, 6) is -0.191. The number of amides is 2. The zero-order chi connectivity index (χ0) is 13.9. The molecular formula is C13H25N3O2. The van der Waals surface area contributed by atoms with Crippen molar-refractivity contribution in [3.8, 4) is 0 Å². The van der Waals surface area contributed by atoms with Crippen molar-refractivity contribution in [1.82, 2.24) is 10.2 Å². The zero-order valence-corrected chi connectivity index (χ0v) is 11.8. The second kappa shape index (κ2) is 5.69. The van der Waals surface area contributed by atoms with Gasteiger partial charge in [0.05, 0.1) is 11.3 Å². The number of hydrogen-bond donors (Lipinski definition) is 2. The maximum Gasteiger partial charge on any atom is 0.229 e. The highest BCUT2D eigenvalue weighted by Crippen LogP contribution is 2.38. The molecule has 5 nitrogen and oxygen atoms in total. The second-order valence-corrected chi connectivity index (χ2v) is 5.62. The largest absolute Gasteiger partial charge is 0.359 e. The third-order valence-electron chi connectivity index (χ3n) is 4.11. The zero-order valence-electron chi connectivity index (χ0n) is 11.8. The van der Waals surface area contributed by atoms with Crippen molar-refractivity contribution < 1.29 is 9.59 Å². The first-order valence-corrected chi connectivity index (χ1v) is 6.55. The summed E-state index contributed by atoms with van der Waals surface area (Å²) in [4.78, 5) is 25.5. The van der Waals surface area contributed by atoms with Gasteiger partial charge >= 0.3 is 0 Å². The van der Waals surface area contributed by atoms with Gasteiger partial charge in [0, 0.05) is 26.7 Å². The number of carbonyl (C=O) groups excluding carboxylic acids is 2. The lowest BCUT2D eigenvalue weighted by Gasteiger charge is -2.33. The molecule has 5 heteroatoms. The molecule has 1 aliphatic carbocycles. The fourth-order valence-electron chi connectivity index (χ4n) is 2.72. The molecule has 2 amide bonds. The van der Waals surface area contributed by atoms with E-state index in [1.54, 1.807) is 19.0 Å². The van der Waals surface area contributed by atoms with Crippen LogP contribution < -0.4 is 11.1 Å². The Morgan fingerprint density at radius 3 is 2.61 bits per heavy atom. The van der Waals surface area contributed by atoms with E-state index in [9.17, 15) is 9.59 Å². The van der Waals surface area contributed by atoms with Crippen LogP contribution in [0.4, 0.5) is 0 Å². The molecule has 18 heavy (non-hydrogen) atoms. The molecule has 0 aliphatic heterocycles. The average molecular weight is 255 g/mol. The van der Waals surface area contributed by atoms with Gasteiger partial charge in [-0.1, -0.05) is 13.3 Å². The molecule has 0 aromatic rings. The van der Waals surface area contributed by atoms with E-state index in [0.717, 1.165) is 19.3 Å². The van der Waals surface area contributed by atoms with Gasteiger partial charge in [-0.05, 0) is 19.8 Å². The number of nitrogens with one attached hydrogen (secondary N) is 1. The fraction of sp³-hybridized carbons (Fsp3) is 0.846. The van der Waals surface area contributed by atoms with E-state index in [-0.39, 0.29) is 23.8 Å². The third kappa shape index (κ3) is 2.83. The molecule has 1 fully saturated rings. The minimum Gasteiger partial charge on any atom is -0.359 e. The van der Waals surface area contributed by atoms with Crippen molar-refractivity contribution in [2.45, 2.75) is 39.2 Å². The highest BCUT2D eigenvalue weighted by atomic mass is 16.2. The summed E-state index contributed by atoms with van der Waals surface area (Å²) in [5, 5.41) is 2.60. The minimum atomic E-state index is -0.461. The van der Waals surface area contributed by atoms with Crippen LogP contribution in [-0.2, 0) is 9.59 Å². The van der Waals surface area contributed by atoms with Crippen LogP contribution in [0.1, 0.15) is 33.1 Å². The maximum atomic E-state index is 12.4. The predicted molar refractivity (Wildman–Crippen MR) is 70.8 cm³/mol. The Kier molecular flexibility index (Phi) is 4.73. The Bertz CT molecular complexity index is 332. The Morgan fingerprint density at radius 1 is 1.56 bits per heavy atom. The SMILES string of the molecule is CNC(=O)C(C)CN(C)C(=O)C1(C)CCCC1N. The van der Waals surface area contributed by atoms with Crippen LogP contribution in [0.25, 0.3) is 0 Å². The van der Waals surface area contributed by atoms with E-state index in [4.69, 9.17) is 5.73 Å². The second-order valence-electron chi connectivity index (χ2n) is 5.62. The molecule has 0 aromatic carbocycles. The number of nitrogens with two attached hydrogens (primary N) is 1. The molecule has 0 heterocycles. The number of hydrogen-bond acceptors (Lipinski definition) is 3. The van der Waals surface area contributed by atoms with E-state index in [1.807, 2.05) is 13.8 Å². The number of carbonyl (C=O) groups is 2. The molecule has 1 saturated carbocycles. The fourth-order valence-corrected chi connectivity index (χ4v) is 2.72. The van der Waals surface area contributed by atoms with Crippen molar-refractivity contribution in [3.63, 3.8) is 0 Å². The Balaban J connectivity index is 2.64. The van der Waals surface area contributed by atoms with Gasteiger partial charge in [-0.2, -0.15) is 0 Å². The molecule has 1 rings (SSSR count). The van der Waals surface area contributed by atoms with Gasteiger partial charge in [0.25, 0.3) is 0 Å². The van der Waals surface area contributed by atoms with Crippen LogP contribution in [0.5, 0.6) is 0 Å². The van der Waals surface area contributed by atoms with E-state index < -0.39 is 5.41 Å². The Hall–Kier alpha value is -1.10. The predicted octanol–water partition coefficient (Wildman–Crippen LogP) is 0.344. The van der Waals surface area contributed by atoms with E-state index in [1.165, 1.54) is 0 Å². The van der Waals surface area contributed by atoms with Crippen molar-refractivity contribution in [3.05, 3.63) is 0 Å². The van der Waals surface area contributed by atoms with Gasteiger partial charge in [-0.25, -0.2) is 0 Å².